The van der Waals surface area contributed by atoms with Gasteiger partial charge in [0.2, 0.25) is 0 Å². The summed E-state index contributed by atoms with van der Waals surface area (Å²) >= 11 is 0. The molecule has 26 heavy (non-hydrogen) atoms. The monoisotopic (exact) mass is 361 g/mol. The number of pyridine rings is 1. The van der Waals surface area contributed by atoms with Gasteiger partial charge in [0.25, 0.3) is 5.91 Å². The van der Waals surface area contributed by atoms with Crippen LogP contribution in [0, 0.1) is 0 Å². The van der Waals surface area contributed by atoms with E-state index in [9.17, 15) is 4.79 Å². The average molecular weight is 361 g/mol. The van der Waals surface area contributed by atoms with Gasteiger partial charge in [0.05, 0.1) is 30.7 Å². The molecule has 1 atom stereocenters. The number of aromatic nitrogens is 2. The Kier molecular flexibility index (Phi) is 6.21. The summed E-state index contributed by atoms with van der Waals surface area (Å²) in [6.45, 7) is 1.51. The quantitative estimate of drug-likeness (QED) is 0.459. The molecule has 3 rings (SSSR count). The Bertz CT molecular complexity index is 746. The fraction of sp³-hybridized carbons (Fsp3) is 0.444. The molecule has 3 N–H and O–H groups in total. The van der Waals surface area contributed by atoms with Crippen LogP contribution in [-0.4, -0.2) is 61.2 Å². The van der Waals surface area contributed by atoms with Gasteiger partial charge in [-0.2, -0.15) is 0 Å². The van der Waals surface area contributed by atoms with Gasteiger partial charge in [-0.15, -0.1) is 0 Å². The smallest absolute Gasteiger partial charge is 0.253 e. The number of aromatic amines is 1. The number of aliphatic hydroxyl groups is 1. The van der Waals surface area contributed by atoms with Gasteiger partial charge in [-0.05, 0) is 18.6 Å². The molecule has 8 nitrogen and oxygen atoms in total. The molecular weight excluding hydrogens is 338 g/mol. The summed E-state index contributed by atoms with van der Waals surface area (Å²) in [5, 5.41) is 11.7. The number of rotatable bonds is 9. The lowest BCUT2D eigenvalue weighted by atomic mass is 9.95. The van der Waals surface area contributed by atoms with Gasteiger partial charge >= 0.3 is 0 Å². The Hall–Kier alpha value is -2.42. The number of carbonyl (C=O) groups is 1. The first kappa shape index (κ1) is 18.4. The van der Waals surface area contributed by atoms with Crippen LogP contribution < -0.4 is 10.1 Å². The van der Waals surface area contributed by atoms with Gasteiger partial charge in [0.15, 0.2) is 6.79 Å². The molecule has 0 fully saturated rings. The summed E-state index contributed by atoms with van der Waals surface area (Å²) in [5.74, 6) is 0.611. The van der Waals surface area contributed by atoms with Crippen LogP contribution >= 0.6 is 0 Å². The molecule has 3 heterocycles. The van der Waals surface area contributed by atoms with E-state index >= 15 is 0 Å². The zero-order valence-corrected chi connectivity index (χ0v) is 14.7. The Morgan fingerprint density at radius 2 is 2.23 bits per heavy atom. The highest BCUT2D eigenvalue weighted by atomic mass is 16.7. The third-order valence-electron chi connectivity index (χ3n) is 4.26. The van der Waals surface area contributed by atoms with Crippen molar-refractivity contribution < 1.29 is 24.1 Å². The van der Waals surface area contributed by atoms with E-state index in [0.29, 0.717) is 31.1 Å². The van der Waals surface area contributed by atoms with Gasteiger partial charge in [-0.3, -0.25) is 9.78 Å². The minimum absolute atomic E-state index is 0.00555. The molecule has 0 spiro atoms. The number of nitrogens with zero attached hydrogens (tertiary/aromatic N) is 1. The van der Waals surface area contributed by atoms with Crippen LogP contribution in [0.3, 0.4) is 0 Å². The van der Waals surface area contributed by atoms with Gasteiger partial charge in [0, 0.05) is 43.6 Å². The summed E-state index contributed by atoms with van der Waals surface area (Å²) < 4.78 is 15.9. The molecule has 2 aromatic heterocycles. The minimum atomic E-state index is -0.0940. The predicted octanol–water partition coefficient (Wildman–Crippen LogP) is 1.29. The van der Waals surface area contributed by atoms with Crippen molar-refractivity contribution >= 4 is 5.91 Å². The van der Waals surface area contributed by atoms with Crippen LogP contribution in [0.2, 0.25) is 0 Å². The van der Waals surface area contributed by atoms with Gasteiger partial charge in [0.1, 0.15) is 5.75 Å². The van der Waals surface area contributed by atoms with Crippen LogP contribution in [0.4, 0.5) is 0 Å². The van der Waals surface area contributed by atoms with Crippen LogP contribution in [0.1, 0.15) is 28.4 Å². The zero-order valence-electron chi connectivity index (χ0n) is 14.7. The van der Waals surface area contributed by atoms with Crippen LogP contribution in [-0.2, 0) is 9.47 Å². The Balaban J connectivity index is 1.85. The topological polar surface area (TPSA) is 106 Å². The number of fused-ring (bicyclic) bond motifs is 1. The maximum absolute atomic E-state index is 12.2. The number of H-pyrrole nitrogens is 1. The fourth-order valence-corrected chi connectivity index (χ4v) is 3.02. The Labute approximate surface area is 151 Å². The van der Waals surface area contributed by atoms with E-state index in [1.807, 2.05) is 12.1 Å². The fourth-order valence-electron chi connectivity index (χ4n) is 3.02. The molecule has 2 aromatic rings. The molecule has 1 unspecified atom stereocenters. The average Bonchev–Trinajstić information content (AvgIpc) is 3.11. The lowest BCUT2D eigenvalue weighted by Crippen LogP contribution is -2.35. The number of aliphatic hydroxyl groups excluding tert-OH is 1. The number of methoxy groups -OCH3 is 1. The normalized spacial score (nSPS) is 16.2. The SMILES string of the molecule is COCOc1cnccc1-c1cc2c([nH]1)C(CCOCCO)CNC2=O. The van der Waals surface area contributed by atoms with E-state index in [4.69, 9.17) is 19.3 Å². The van der Waals surface area contributed by atoms with Gasteiger partial charge in [-0.1, -0.05) is 0 Å². The zero-order chi connectivity index (χ0) is 18.4. The summed E-state index contributed by atoms with van der Waals surface area (Å²) in [6, 6.07) is 3.67. The highest BCUT2D eigenvalue weighted by Crippen LogP contribution is 2.34. The second-order valence-corrected chi connectivity index (χ2v) is 5.96. The molecule has 1 amide bonds. The second-order valence-electron chi connectivity index (χ2n) is 5.96. The van der Waals surface area contributed by atoms with Crippen molar-refractivity contribution in [2.75, 3.05) is 40.3 Å². The van der Waals surface area contributed by atoms with Gasteiger partial charge < -0.3 is 29.6 Å². The summed E-state index contributed by atoms with van der Waals surface area (Å²) in [6.07, 6.45) is 4.04. The number of amides is 1. The highest BCUT2D eigenvalue weighted by molar-refractivity contribution is 5.98. The van der Waals surface area contributed by atoms with Crippen LogP contribution in [0.5, 0.6) is 5.75 Å². The molecule has 0 aliphatic carbocycles. The summed E-state index contributed by atoms with van der Waals surface area (Å²) in [5.41, 5.74) is 3.13. The molecule has 8 heteroatoms. The van der Waals surface area contributed by atoms with Crippen molar-refractivity contribution in [2.45, 2.75) is 12.3 Å². The molecule has 0 aromatic carbocycles. The lowest BCUT2D eigenvalue weighted by Gasteiger charge is -2.22. The predicted molar refractivity (Wildman–Crippen MR) is 94.1 cm³/mol. The second kappa shape index (κ2) is 8.79. The number of hydrogen-bond donors (Lipinski definition) is 3. The van der Waals surface area contributed by atoms with E-state index in [-0.39, 0.29) is 25.2 Å². The van der Waals surface area contributed by atoms with Crippen molar-refractivity contribution in [3.05, 3.63) is 35.8 Å². The first-order chi connectivity index (χ1) is 12.7. The van der Waals surface area contributed by atoms with Crippen molar-refractivity contribution in [3.63, 3.8) is 0 Å². The first-order valence-corrected chi connectivity index (χ1v) is 8.50. The molecular formula is C18H23N3O5. The number of carbonyl (C=O) groups excluding carboxylic acids is 1. The largest absolute Gasteiger partial charge is 0.465 e. The van der Waals surface area contributed by atoms with Crippen molar-refractivity contribution in [1.82, 2.24) is 15.3 Å². The third-order valence-corrected chi connectivity index (χ3v) is 4.26. The van der Waals surface area contributed by atoms with E-state index in [2.05, 4.69) is 15.3 Å². The minimum Gasteiger partial charge on any atom is -0.465 e. The standard InChI is InChI=1S/C18H23N3O5/c1-24-11-26-16-10-19-4-2-13(16)15-8-14-17(21-15)12(9-20-18(14)23)3-6-25-7-5-22/h2,4,8,10,12,21-22H,3,5-7,9,11H2,1H3,(H,20,23). The summed E-state index contributed by atoms with van der Waals surface area (Å²) in [4.78, 5) is 19.7. The number of hydrogen-bond acceptors (Lipinski definition) is 6. The molecule has 1 aliphatic heterocycles. The highest BCUT2D eigenvalue weighted by Gasteiger charge is 2.28. The maximum Gasteiger partial charge on any atom is 0.253 e. The molecule has 0 radical (unpaired) electrons. The molecule has 0 saturated heterocycles. The number of nitrogens with one attached hydrogen (secondary N) is 2. The first-order valence-electron chi connectivity index (χ1n) is 8.50. The molecule has 140 valence electrons. The van der Waals surface area contributed by atoms with E-state index in [1.165, 1.54) is 0 Å². The van der Waals surface area contributed by atoms with E-state index in [0.717, 1.165) is 23.4 Å². The number of ether oxygens (including phenoxy) is 3. The van der Waals surface area contributed by atoms with E-state index < -0.39 is 0 Å². The van der Waals surface area contributed by atoms with Crippen molar-refractivity contribution in [3.8, 4) is 17.0 Å². The van der Waals surface area contributed by atoms with Crippen molar-refractivity contribution in [2.24, 2.45) is 0 Å². The lowest BCUT2D eigenvalue weighted by molar-refractivity contribution is 0.0512. The third kappa shape index (κ3) is 4.04. The van der Waals surface area contributed by atoms with E-state index in [1.54, 1.807) is 19.5 Å². The molecule has 1 aliphatic rings. The van der Waals surface area contributed by atoms with Crippen LogP contribution in [0.25, 0.3) is 11.3 Å². The van der Waals surface area contributed by atoms with Crippen molar-refractivity contribution in [1.29, 1.82) is 0 Å². The summed E-state index contributed by atoms with van der Waals surface area (Å²) in [7, 11) is 1.55. The Morgan fingerprint density at radius 3 is 3.04 bits per heavy atom. The van der Waals surface area contributed by atoms with Gasteiger partial charge in [-0.25, -0.2) is 0 Å². The molecule has 0 bridgehead atoms. The van der Waals surface area contributed by atoms with Crippen LogP contribution in [0.15, 0.2) is 24.5 Å². The Morgan fingerprint density at radius 1 is 1.35 bits per heavy atom. The molecule has 0 saturated carbocycles. The maximum atomic E-state index is 12.2.